The molecule has 0 spiro atoms. The summed E-state index contributed by atoms with van der Waals surface area (Å²) in [5.41, 5.74) is 8.36. The van der Waals surface area contributed by atoms with E-state index in [0.29, 0.717) is 23.0 Å². The fraction of sp³-hybridized carbons (Fsp3) is 0.263. The van der Waals surface area contributed by atoms with E-state index >= 15 is 0 Å². The highest BCUT2D eigenvalue weighted by molar-refractivity contribution is 5.92. The number of carbonyl (C=O) groups excluding carboxylic acids is 2. The van der Waals surface area contributed by atoms with Crippen LogP contribution >= 0.6 is 0 Å². The van der Waals surface area contributed by atoms with Crippen molar-refractivity contribution < 1.29 is 14.3 Å². The van der Waals surface area contributed by atoms with Gasteiger partial charge < -0.3 is 21.1 Å². The van der Waals surface area contributed by atoms with Crippen LogP contribution in [0.3, 0.4) is 0 Å². The monoisotopic (exact) mass is 341 g/mol. The Bertz CT molecular complexity index is 755. The summed E-state index contributed by atoms with van der Waals surface area (Å²) >= 11 is 0. The third-order valence-electron chi connectivity index (χ3n) is 3.67. The number of amides is 3. The lowest BCUT2D eigenvalue weighted by Gasteiger charge is -2.13. The van der Waals surface area contributed by atoms with Crippen LogP contribution in [0.25, 0.3) is 0 Å². The van der Waals surface area contributed by atoms with Crippen molar-refractivity contribution in [3.63, 3.8) is 0 Å². The predicted octanol–water partition coefficient (Wildman–Crippen LogP) is 3.63. The Balaban J connectivity index is 1.92. The van der Waals surface area contributed by atoms with Crippen LogP contribution in [0.15, 0.2) is 42.5 Å². The Morgan fingerprint density at radius 2 is 1.64 bits per heavy atom. The maximum atomic E-state index is 12.1. The highest BCUT2D eigenvalue weighted by atomic mass is 16.5. The van der Waals surface area contributed by atoms with Gasteiger partial charge in [0.25, 0.3) is 5.91 Å². The second-order valence-corrected chi connectivity index (χ2v) is 6.08. The van der Waals surface area contributed by atoms with Gasteiger partial charge in [-0.05, 0) is 54.3 Å². The largest absolute Gasteiger partial charge is 0.483 e. The van der Waals surface area contributed by atoms with Crippen molar-refractivity contribution >= 4 is 23.3 Å². The van der Waals surface area contributed by atoms with E-state index in [-0.39, 0.29) is 12.5 Å². The normalized spacial score (nSPS) is 10.4. The van der Waals surface area contributed by atoms with Gasteiger partial charge in [-0.25, -0.2) is 4.79 Å². The van der Waals surface area contributed by atoms with Crippen LogP contribution in [0.5, 0.6) is 5.75 Å². The molecule has 0 unspecified atom stereocenters. The molecular formula is C19H23N3O3. The first-order valence-electron chi connectivity index (χ1n) is 8.05. The summed E-state index contributed by atoms with van der Waals surface area (Å²) in [5.74, 6) is 0.844. The number of nitrogens with one attached hydrogen (secondary N) is 2. The molecule has 0 atom stereocenters. The summed E-state index contributed by atoms with van der Waals surface area (Å²) in [6, 6.07) is 12.0. The van der Waals surface area contributed by atoms with Crippen LogP contribution in [-0.2, 0) is 4.79 Å². The maximum absolute atomic E-state index is 12.1. The Morgan fingerprint density at radius 1 is 1.04 bits per heavy atom. The fourth-order valence-electron chi connectivity index (χ4n) is 2.25. The van der Waals surface area contributed by atoms with E-state index in [4.69, 9.17) is 10.5 Å². The molecule has 2 aromatic rings. The van der Waals surface area contributed by atoms with Gasteiger partial charge in [-0.3, -0.25) is 4.79 Å². The molecule has 132 valence electrons. The molecule has 0 aliphatic rings. The van der Waals surface area contributed by atoms with E-state index in [1.165, 1.54) is 5.56 Å². The molecule has 0 bridgehead atoms. The lowest BCUT2D eigenvalue weighted by molar-refractivity contribution is -0.118. The number of urea groups is 1. The number of benzene rings is 2. The molecular weight excluding hydrogens is 318 g/mol. The molecule has 0 heterocycles. The lowest BCUT2D eigenvalue weighted by Crippen LogP contribution is -2.21. The van der Waals surface area contributed by atoms with Crippen LogP contribution < -0.4 is 21.1 Å². The van der Waals surface area contributed by atoms with Gasteiger partial charge in [0.1, 0.15) is 5.75 Å². The number of nitrogens with two attached hydrogens (primary N) is 1. The van der Waals surface area contributed by atoms with Crippen molar-refractivity contribution in [2.45, 2.75) is 26.7 Å². The molecule has 4 N–H and O–H groups in total. The molecule has 6 nitrogen and oxygen atoms in total. The molecule has 2 aromatic carbocycles. The van der Waals surface area contributed by atoms with Crippen molar-refractivity contribution in [1.82, 2.24) is 0 Å². The highest BCUT2D eigenvalue weighted by Crippen LogP contribution is 2.24. The highest BCUT2D eigenvalue weighted by Gasteiger charge is 2.08. The first-order valence-corrected chi connectivity index (χ1v) is 8.05. The second-order valence-electron chi connectivity index (χ2n) is 6.08. The first-order chi connectivity index (χ1) is 11.8. The molecule has 25 heavy (non-hydrogen) atoms. The van der Waals surface area contributed by atoms with Crippen molar-refractivity contribution in [2.24, 2.45) is 5.73 Å². The maximum Gasteiger partial charge on any atom is 0.316 e. The van der Waals surface area contributed by atoms with Crippen LogP contribution in [-0.4, -0.2) is 18.5 Å². The average Bonchev–Trinajstić information content (AvgIpc) is 2.55. The van der Waals surface area contributed by atoms with Gasteiger partial charge in [-0.2, -0.15) is 0 Å². The quantitative estimate of drug-likeness (QED) is 0.749. The standard InChI is InChI=1S/C19H23N3O3/c1-12(2)14-5-4-13(3)17(10-14)25-11-18(23)21-15-6-8-16(9-7-15)22-19(20)24/h4-10,12H,11H2,1-3H3,(H,21,23)(H3,20,22,24). The second kappa shape index (κ2) is 8.19. The number of rotatable bonds is 6. The third-order valence-corrected chi connectivity index (χ3v) is 3.67. The SMILES string of the molecule is Cc1ccc(C(C)C)cc1OCC(=O)Nc1ccc(NC(N)=O)cc1. The zero-order valence-corrected chi connectivity index (χ0v) is 14.6. The predicted molar refractivity (Wildman–Crippen MR) is 99.0 cm³/mol. The number of hydrogen-bond donors (Lipinski definition) is 3. The summed E-state index contributed by atoms with van der Waals surface area (Å²) in [4.78, 5) is 22.8. The van der Waals surface area contributed by atoms with Gasteiger partial charge in [0.05, 0.1) is 0 Å². The number of primary amides is 1. The zero-order chi connectivity index (χ0) is 18.4. The fourth-order valence-corrected chi connectivity index (χ4v) is 2.25. The Morgan fingerprint density at radius 3 is 2.20 bits per heavy atom. The van der Waals surface area contributed by atoms with Crippen LogP contribution in [0.2, 0.25) is 0 Å². The lowest BCUT2D eigenvalue weighted by atomic mass is 10.0. The summed E-state index contributed by atoms with van der Waals surface area (Å²) < 4.78 is 5.65. The average molecular weight is 341 g/mol. The van der Waals surface area contributed by atoms with Gasteiger partial charge in [0.15, 0.2) is 6.61 Å². The number of anilines is 2. The molecule has 0 saturated carbocycles. The minimum atomic E-state index is -0.635. The van der Waals surface area contributed by atoms with Crippen LogP contribution in [0, 0.1) is 6.92 Å². The Labute approximate surface area is 147 Å². The summed E-state index contributed by atoms with van der Waals surface area (Å²) in [6.07, 6.45) is 0. The van der Waals surface area contributed by atoms with E-state index in [1.54, 1.807) is 24.3 Å². The third kappa shape index (κ3) is 5.53. The molecule has 2 rings (SSSR count). The van der Waals surface area contributed by atoms with Gasteiger partial charge in [-0.15, -0.1) is 0 Å². The van der Waals surface area contributed by atoms with Crippen molar-refractivity contribution in [3.05, 3.63) is 53.6 Å². The number of carbonyl (C=O) groups is 2. The van der Waals surface area contributed by atoms with Crippen molar-refractivity contribution in [3.8, 4) is 5.75 Å². The first kappa shape index (κ1) is 18.3. The van der Waals surface area contributed by atoms with Crippen molar-refractivity contribution in [2.75, 3.05) is 17.2 Å². The van der Waals surface area contributed by atoms with Gasteiger partial charge in [-0.1, -0.05) is 26.0 Å². The topological polar surface area (TPSA) is 93.4 Å². The molecule has 0 aliphatic heterocycles. The van der Waals surface area contributed by atoms with Gasteiger partial charge in [0.2, 0.25) is 0 Å². The molecule has 0 saturated heterocycles. The summed E-state index contributed by atoms with van der Waals surface area (Å²) in [7, 11) is 0. The molecule has 0 aromatic heterocycles. The molecule has 6 heteroatoms. The number of aryl methyl sites for hydroxylation is 1. The van der Waals surface area contributed by atoms with Gasteiger partial charge >= 0.3 is 6.03 Å². The van der Waals surface area contributed by atoms with Crippen LogP contribution in [0.4, 0.5) is 16.2 Å². The van der Waals surface area contributed by atoms with Gasteiger partial charge in [0, 0.05) is 11.4 Å². The van der Waals surface area contributed by atoms with E-state index in [9.17, 15) is 9.59 Å². The van der Waals surface area contributed by atoms with Crippen LogP contribution in [0.1, 0.15) is 30.9 Å². The minimum absolute atomic E-state index is 0.0797. The summed E-state index contributed by atoms with van der Waals surface area (Å²) in [5, 5.41) is 5.20. The summed E-state index contributed by atoms with van der Waals surface area (Å²) in [6.45, 7) is 6.08. The van der Waals surface area contributed by atoms with E-state index < -0.39 is 6.03 Å². The van der Waals surface area contributed by atoms with E-state index in [2.05, 4.69) is 30.5 Å². The Kier molecular flexibility index (Phi) is 6.00. The molecule has 3 amide bonds. The zero-order valence-electron chi connectivity index (χ0n) is 14.6. The Hall–Kier alpha value is -3.02. The van der Waals surface area contributed by atoms with Crippen molar-refractivity contribution in [1.29, 1.82) is 0 Å². The number of ether oxygens (including phenoxy) is 1. The smallest absolute Gasteiger partial charge is 0.316 e. The molecule has 0 fully saturated rings. The van der Waals surface area contributed by atoms with E-state index in [0.717, 1.165) is 5.56 Å². The minimum Gasteiger partial charge on any atom is -0.483 e. The molecule has 0 aliphatic carbocycles. The molecule has 0 radical (unpaired) electrons. The number of hydrogen-bond acceptors (Lipinski definition) is 3. The van der Waals surface area contributed by atoms with E-state index in [1.807, 2.05) is 19.1 Å².